The Hall–Kier alpha value is -1.15. The Morgan fingerprint density at radius 3 is 2.76 bits per heavy atom. The number of nitrogens with zero attached hydrogens (tertiary/aromatic N) is 2. The summed E-state index contributed by atoms with van der Waals surface area (Å²) in [6, 6.07) is 0. The number of amides is 1. The van der Waals surface area contributed by atoms with E-state index < -0.39 is 12.1 Å². The van der Waals surface area contributed by atoms with Crippen molar-refractivity contribution in [1.29, 1.82) is 0 Å². The summed E-state index contributed by atoms with van der Waals surface area (Å²) in [5.74, 6) is -1.64. The van der Waals surface area contributed by atoms with Crippen molar-refractivity contribution < 1.29 is 18.0 Å². The van der Waals surface area contributed by atoms with E-state index in [2.05, 4.69) is 10.3 Å². The molecular formula is C13H18F3N3OS. The van der Waals surface area contributed by atoms with Crippen molar-refractivity contribution in [3.05, 3.63) is 10.6 Å². The van der Waals surface area contributed by atoms with Gasteiger partial charge in [0.25, 0.3) is 0 Å². The number of likely N-dealkylation sites (tertiary alicyclic amines) is 1. The third-order valence-corrected chi connectivity index (χ3v) is 4.60. The molecule has 1 fully saturated rings. The van der Waals surface area contributed by atoms with E-state index in [9.17, 15) is 18.0 Å². The third-order valence-electron chi connectivity index (χ3n) is 3.61. The topological polar surface area (TPSA) is 45.2 Å². The SMILES string of the molecule is Cc1nc(NC(=O)CN2CCC[C@H](C(F)(F)F)C2)sc1C. The van der Waals surface area contributed by atoms with Gasteiger partial charge in [-0.05, 0) is 33.2 Å². The fourth-order valence-electron chi connectivity index (χ4n) is 2.35. The molecule has 0 bridgehead atoms. The lowest BCUT2D eigenvalue weighted by Crippen LogP contribution is -2.44. The van der Waals surface area contributed by atoms with E-state index in [0.29, 0.717) is 18.1 Å². The van der Waals surface area contributed by atoms with E-state index in [-0.39, 0.29) is 25.4 Å². The first-order valence-electron chi connectivity index (χ1n) is 6.78. The van der Waals surface area contributed by atoms with Gasteiger partial charge in [-0.2, -0.15) is 13.2 Å². The van der Waals surface area contributed by atoms with Crippen LogP contribution >= 0.6 is 11.3 Å². The first-order valence-corrected chi connectivity index (χ1v) is 7.60. The number of carbonyl (C=O) groups is 1. The lowest BCUT2D eigenvalue weighted by atomic mass is 9.97. The molecule has 0 radical (unpaired) electrons. The second-order valence-corrected chi connectivity index (χ2v) is 6.53. The highest BCUT2D eigenvalue weighted by Crippen LogP contribution is 2.33. The van der Waals surface area contributed by atoms with Gasteiger partial charge in [0.05, 0.1) is 18.2 Å². The Bertz CT molecular complexity index is 496. The largest absolute Gasteiger partial charge is 0.393 e. The van der Waals surface area contributed by atoms with Crippen LogP contribution in [-0.4, -0.2) is 41.6 Å². The number of halogens is 3. The van der Waals surface area contributed by atoms with Crippen LogP contribution in [0.4, 0.5) is 18.3 Å². The van der Waals surface area contributed by atoms with E-state index in [1.165, 1.54) is 11.3 Å². The number of rotatable bonds is 3. The standard InChI is InChI=1S/C13H18F3N3OS/c1-8-9(2)21-12(17-8)18-11(20)7-19-5-3-4-10(6-19)13(14,15)16/h10H,3-7H2,1-2H3,(H,17,18,20)/t10-/m0/s1. The van der Waals surface area contributed by atoms with Crippen molar-refractivity contribution in [2.45, 2.75) is 32.9 Å². The van der Waals surface area contributed by atoms with Gasteiger partial charge >= 0.3 is 6.18 Å². The summed E-state index contributed by atoms with van der Waals surface area (Å²) in [4.78, 5) is 18.6. The molecular weight excluding hydrogens is 303 g/mol. The van der Waals surface area contributed by atoms with Gasteiger partial charge in [-0.15, -0.1) is 11.3 Å². The summed E-state index contributed by atoms with van der Waals surface area (Å²) in [7, 11) is 0. The summed E-state index contributed by atoms with van der Waals surface area (Å²) in [6.07, 6.45) is -3.57. The molecule has 2 heterocycles. The Morgan fingerprint density at radius 2 is 2.19 bits per heavy atom. The number of anilines is 1. The van der Waals surface area contributed by atoms with Crippen LogP contribution in [-0.2, 0) is 4.79 Å². The molecule has 1 aromatic heterocycles. The predicted octanol–water partition coefficient (Wildman–Crippen LogP) is 2.97. The Balaban J connectivity index is 1.87. The van der Waals surface area contributed by atoms with Gasteiger partial charge < -0.3 is 5.32 Å². The zero-order valence-electron chi connectivity index (χ0n) is 12.0. The molecule has 1 aliphatic heterocycles. The van der Waals surface area contributed by atoms with Crippen LogP contribution in [0.15, 0.2) is 0 Å². The molecule has 1 atom stereocenters. The fourth-order valence-corrected chi connectivity index (χ4v) is 3.19. The van der Waals surface area contributed by atoms with Crippen molar-refractivity contribution in [2.24, 2.45) is 5.92 Å². The van der Waals surface area contributed by atoms with Crippen molar-refractivity contribution in [3.8, 4) is 0 Å². The van der Waals surface area contributed by atoms with Crippen LogP contribution in [0.2, 0.25) is 0 Å². The van der Waals surface area contributed by atoms with Gasteiger partial charge in [0.2, 0.25) is 5.91 Å². The molecule has 1 aliphatic rings. The number of alkyl halides is 3. The number of piperidine rings is 1. The first kappa shape index (κ1) is 16.2. The van der Waals surface area contributed by atoms with Gasteiger partial charge in [-0.1, -0.05) is 0 Å². The van der Waals surface area contributed by atoms with Crippen LogP contribution < -0.4 is 5.32 Å². The van der Waals surface area contributed by atoms with Crippen molar-refractivity contribution in [2.75, 3.05) is 25.0 Å². The second kappa shape index (κ2) is 6.31. The van der Waals surface area contributed by atoms with Crippen molar-refractivity contribution >= 4 is 22.4 Å². The maximum atomic E-state index is 12.7. The maximum Gasteiger partial charge on any atom is 0.393 e. The highest BCUT2D eigenvalue weighted by Gasteiger charge is 2.41. The zero-order valence-corrected chi connectivity index (χ0v) is 12.8. The lowest BCUT2D eigenvalue weighted by Gasteiger charge is -2.33. The molecule has 2 rings (SSSR count). The van der Waals surface area contributed by atoms with Crippen LogP contribution in [0.1, 0.15) is 23.4 Å². The average Bonchev–Trinajstić information content (AvgIpc) is 2.67. The molecule has 0 saturated carbocycles. The summed E-state index contributed by atoms with van der Waals surface area (Å²) >= 11 is 1.37. The smallest absolute Gasteiger partial charge is 0.301 e. The number of hydrogen-bond donors (Lipinski definition) is 1. The summed E-state index contributed by atoms with van der Waals surface area (Å²) in [5.41, 5.74) is 0.852. The number of carbonyl (C=O) groups excluding carboxylic acids is 1. The van der Waals surface area contributed by atoms with Crippen LogP contribution in [0.5, 0.6) is 0 Å². The monoisotopic (exact) mass is 321 g/mol. The lowest BCUT2D eigenvalue weighted by molar-refractivity contribution is -0.186. The van der Waals surface area contributed by atoms with E-state index in [4.69, 9.17) is 0 Å². The minimum absolute atomic E-state index is 0.0236. The highest BCUT2D eigenvalue weighted by atomic mass is 32.1. The number of aromatic nitrogens is 1. The highest BCUT2D eigenvalue weighted by molar-refractivity contribution is 7.15. The van der Waals surface area contributed by atoms with Gasteiger partial charge in [0.15, 0.2) is 5.13 Å². The fraction of sp³-hybridized carbons (Fsp3) is 0.692. The van der Waals surface area contributed by atoms with Crippen molar-refractivity contribution in [3.63, 3.8) is 0 Å². The Kier molecular flexibility index (Phi) is 4.88. The average molecular weight is 321 g/mol. The number of aryl methyl sites for hydroxylation is 2. The third kappa shape index (κ3) is 4.41. The summed E-state index contributed by atoms with van der Waals surface area (Å²) in [6.45, 7) is 4.15. The van der Waals surface area contributed by atoms with E-state index in [0.717, 1.165) is 10.6 Å². The maximum absolute atomic E-state index is 12.7. The molecule has 118 valence electrons. The van der Waals surface area contributed by atoms with Crippen LogP contribution in [0.3, 0.4) is 0 Å². The van der Waals surface area contributed by atoms with Gasteiger partial charge in [-0.3, -0.25) is 9.69 Å². The predicted molar refractivity (Wildman–Crippen MR) is 75.4 cm³/mol. The molecule has 1 aromatic rings. The van der Waals surface area contributed by atoms with Crippen LogP contribution in [0.25, 0.3) is 0 Å². The second-order valence-electron chi connectivity index (χ2n) is 5.32. The summed E-state index contributed by atoms with van der Waals surface area (Å²) in [5, 5.41) is 3.15. The molecule has 21 heavy (non-hydrogen) atoms. The quantitative estimate of drug-likeness (QED) is 0.931. The van der Waals surface area contributed by atoms with Gasteiger partial charge in [0.1, 0.15) is 0 Å². The minimum atomic E-state index is -4.18. The summed E-state index contributed by atoms with van der Waals surface area (Å²) < 4.78 is 38.1. The minimum Gasteiger partial charge on any atom is -0.301 e. The van der Waals surface area contributed by atoms with E-state index >= 15 is 0 Å². The number of hydrogen-bond acceptors (Lipinski definition) is 4. The molecule has 1 amide bonds. The first-order chi connectivity index (χ1) is 9.75. The molecule has 1 N–H and O–H groups in total. The number of thiazole rings is 1. The molecule has 0 aliphatic carbocycles. The molecule has 1 saturated heterocycles. The Labute approximate surface area is 125 Å². The molecule has 0 aromatic carbocycles. The van der Waals surface area contributed by atoms with Crippen molar-refractivity contribution in [1.82, 2.24) is 9.88 Å². The Morgan fingerprint density at radius 1 is 1.48 bits per heavy atom. The number of nitrogens with one attached hydrogen (secondary N) is 1. The normalized spacial score (nSPS) is 20.5. The van der Waals surface area contributed by atoms with E-state index in [1.54, 1.807) is 4.90 Å². The molecule has 0 spiro atoms. The van der Waals surface area contributed by atoms with Gasteiger partial charge in [-0.25, -0.2) is 4.98 Å². The van der Waals surface area contributed by atoms with E-state index in [1.807, 2.05) is 13.8 Å². The van der Waals surface area contributed by atoms with Crippen LogP contribution in [0, 0.1) is 19.8 Å². The van der Waals surface area contributed by atoms with Gasteiger partial charge in [0, 0.05) is 11.4 Å². The molecule has 8 heteroatoms. The zero-order chi connectivity index (χ0) is 15.6. The molecule has 4 nitrogen and oxygen atoms in total. The molecule has 0 unspecified atom stereocenters.